The predicted molar refractivity (Wildman–Crippen MR) is 116 cm³/mol. The summed E-state index contributed by atoms with van der Waals surface area (Å²) in [5.74, 6) is 0.0929. The zero-order chi connectivity index (χ0) is 19.6. The average Bonchev–Trinajstić information content (AvgIpc) is 2.70. The summed E-state index contributed by atoms with van der Waals surface area (Å²) in [6.45, 7) is 2.26. The Labute approximate surface area is 166 Å². The van der Waals surface area contributed by atoms with Crippen LogP contribution in [0.3, 0.4) is 0 Å². The summed E-state index contributed by atoms with van der Waals surface area (Å²) < 4.78 is 0. The lowest BCUT2D eigenvalue weighted by molar-refractivity contribution is 0.0973. The van der Waals surface area contributed by atoms with Crippen LogP contribution in [0.2, 0.25) is 0 Å². The molecule has 2 heteroatoms. The summed E-state index contributed by atoms with van der Waals surface area (Å²) in [5, 5.41) is 0. The summed E-state index contributed by atoms with van der Waals surface area (Å²) in [5.41, 5.74) is 1.08. The Morgan fingerprint density at radius 2 is 1.33 bits per heavy atom. The Morgan fingerprint density at radius 1 is 0.778 bits per heavy atom. The van der Waals surface area contributed by atoms with E-state index in [0.29, 0.717) is 17.5 Å². The minimum absolute atomic E-state index is 0.0929. The van der Waals surface area contributed by atoms with Gasteiger partial charge in [0.05, 0.1) is 0 Å². The van der Waals surface area contributed by atoms with E-state index in [-0.39, 0.29) is 5.78 Å². The molecular weight excluding hydrogens is 332 g/mol. The Morgan fingerprint density at radius 3 is 1.96 bits per heavy atom. The second-order valence-electron chi connectivity index (χ2n) is 7.46. The zero-order valence-electron chi connectivity index (χ0n) is 17.3. The molecule has 1 aromatic rings. The normalized spacial score (nSPS) is 11.1. The lowest BCUT2D eigenvalue weighted by Crippen LogP contribution is -2.03. The molecule has 0 spiro atoms. The second kappa shape index (κ2) is 16.5. The third-order valence-electron chi connectivity index (χ3n) is 5.05. The van der Waals surface area contributed by atoms with Gasteiger partial charge < -0.3 is 0 Å². The lowest BCUT2D eigenvalue weighted by Gasteiger charge is -2.04. The van der Waals surface area contributed by atoms with Gasteiger partial charge in [0, 0.05) is 17.5 Å². The van der Waals surface area contributed by atoms with Gasteiger partial charge >= 0.3 is 0 Å². The first-order valence-corrected chi connectivity index (χ1v) is 11.0. The van der Waals surface area contributed by atoms with E-state index in [0.717, 1.165) is 19.1 Å². The van der Waals surface area contributed by atoms with Gasteiger partial charge in [0.2, 0.25) is 0 Å². The van der Waals surface area contributed by atoms with Crippen molar-refractivity contribution in [3.63, 3.8) is 0 Å². The van der Waals surface area contributed by atoms with Crippen molar-refractivity contribution in [1.82, 2.24) is 0 Å². The predicted octanol–water partition coefficient (Wildman–Crippen LogP) is 7.72. The summed E-state index contributed by atoms with van der Waals surface area (Å²) in [4.78, 5) is 23.2. The van der Waals surface area contributed by atoms with Gasteiger partial charge in [-0.25, -0.2) is 0 Å². The molecule has 0 radical (unpaired) electrons. The van der Waals surface area contributed by atoms with Crippen LogP contribution in [0.4, 0.5) is 0 Å². The highest BCUT2D eigenvalue weighted by Crippen LogP contribution is 2.14. The van der Waals surface area contributed by atoms with Crippen molar-refractivity contribution in [2.75, 3.05) is 0 Å². The first-order chi connectivity index (χ1) is 13.3. The second-order valence-corrected chi connectivity index (χ2v) is 7.46. The largest absolute Gasteiger partial charge is 0.298 e. The molecule has 0 saturated heterocycles. The summed E-state index contributed by atoms with van der Waals surface area (Å²) in [6.07, 6.45) is 22.3. The lowest BCUT2D eigenvalue weighted by atomic mass is 9.99. The minimum Gasteiger partial charge on any atom is -0.298 e. The van der Waals surface area contributed by atoms with E-state index in [2.05, 4.69) is 19.1 Å². The van der Waals surface area contributed by atoms with Crippen LogP contribution in [0.1, 0.15) is 118 Å². The van der Waals surface area contributed by atoms with E-state index >= 15 is 0 Å². The van der Waals surface area contributed by atoms with Gasteiger partial charge in [0.1, 0.15) is 0 Å². The average molecular weight is 371 g/mol. The maximum atomic E-state index is 12.2. The quantitative estimate of drug-likeness (QED) is 0.122. The molecule has 0 aliphatic heterocycles. The van der Waals surface area contributed by atoms with Gasteiger partial charge in [-0.05, 0) is 32.1 Å². The molecule has 0 saturated carbocycles. The molecule has 0 aliphatic carbocycles. The fourth-order valence-corrected chi connectivity index (χ4v) is 3.34. The van der Waals surface area contributed by atoms with Gasteiger partial charge in [0.25, 0.3) is 0 Å². The topological polar surface area (TPSA) is 34.1 Å². The van der Waals surface area contributed by atoms with Gasteiger partial charge in [-0.3, -0.25) is 9.59 Å². The van der Waals surface area contributed by atoms with Gasteiger partial charge in [0.15, 0.2) is 12.1 Å². The van der Waals surface area contributed by atoms with Crippen LogP contribution in [0, 0.1) is 0 Å². The van der Waals surface area contributed by atoms with Crippen LogP contribution < -0.4 is 0 Å². The fraction of sp³-hybridized carbons (Fsp3) is 0.600. The van der Waals surface area contributed by atoms with E-state index < -0.39 is 0 Å². The summed E-state index contributed by atoms with van der Waals surface area (Å²) in [7, 11) is 0. The molecule has 0 fully saturated rings. The Bertz CT molecular complexity index is 545. The van der Waals surface area contributed by atoms with Crippen molar-refractivity contribution in [3.05, 3.63) is 47.5 Å². The van der Waals surface area contributed by atoms with E-state index in [1.807, 2.05) is 6.07 Å². The summed E-state index contributed by atoms with van der Waals surface area (Å²) in [6, 6.07) is 7.08. The molecule has 27 heavy (non-hydrogen) atoms. The van der Waals surface area contributed by atoms with Crippen LogP contribution in [0.15, 0.2) is 36.4 Å². The number of benzene rings is 1. The van der Waals surface area contributed by atoms with Gasteiger partial charge in [-0.15, -0.1) is 0 Å². The van der Waals surface area contributed by atoms with Crippen LogP contribution in [-0.4, -0.2) is 12.1 Å². The minimum atomic E-state index is 0.0929. The van der Waals surface area contributed by atoms with Crippen molar-refractivity contribution >= 4 is 12.1 Å². The molecule has 0 atom stereocenters. The van der Waals surface area contributed by atoms with Crippen molar-refractivity contribution in [2.24, 2.45) is 0 Å². The standard InChI is InChI=1S/C25H38O2/c1-2-3-4-5-6-7-8-9-10-11-12-13-14-15-16-21-25(27)24-20-18-17-19-23(24)22-26/h9-10,17-20,22H,2-8,11-16,21H2,1H3. The molecule has 0 unspecified atom stereocenters. The molecule has 1 rings (SSSR count). The SMILES string of the molecule is CCCCCCCCC=CCCCCCCCC(=O)c1ccccc1C=O. The molecule has 0 aliphatic rings. The van der Waals surface area contributed by atoms with E-state index in [1.165, 1.54) is 70.6 Å². The first-order valence-electron chi connectivity index (χ1n) is 11.0. The number of ketones is 1. The number of rotatable bonds is 17. The number of carbonyl (C=O) groups is 2. The maximum Gasteiger partial charge on any atom is 0.163 e. The molecule has 0 N–H and O–H groups in total. The Balaban J connectivity index is 1.95. The van der Waals surface area contributed by atoms with Gasteiger partial charge in [-0.2, -0.15) is 0 Å². The zero-order valence-corrected chi connectivity index (χ0v) is 17.3. The number of hydrogen-bond acceptors (Lipinski definition) is 2. The molecule has 0 bridgehead atoms. The van der Waals surface area contributed by atoms with Crippen molar-refractivity contribution < 1.29 is 9.59 Å². The highest BCUT2D eigenvalue weighted by molar-refractivity contribution is 6.02. The number of allylic oxidation sites excluding steroid dienone is 2. The molecule has 0 aromatic heterocycles. The number of hydrogen-bond donors (Lipinski definition) is 0. The van der Waals surface area contributed by atoms with E-state index in [1.54, 1.807) is 18.2 Å². The van der Waals surface area contributed by atoms with Crippen LogP contribution in [-0.2, 0) is 0 Å². The Hall–Kier alpha value is -1.70. The maximum absolute atomic E-state index is 12.2. The number of carbonyl (C=O) groups excluding carboxylic acids is 2. The van der Waals surface area contributed by atoms with Crippen LogP contribution in [0.5, 0.6) is 0 Å². The Kier molecular flexibility index (Phi) is 14.2. The third-order valence-corrected chi connectivity index (χ3v) is 5.05. The smallest absolute Gasteiger partial charge is 0.163 e. The molecule has 0 heterocycles. The van der Waals surface area contributed by atoms with Crippen molar-refractivity contribution in [3.8, 4) is 0 Å². The number of Topliss-reactive ketones (excluding diaryl/α,β-unsaturated/α-hetero) is 1. The molecule has 2 nitrogen and oxygen atoms in total. The van der Waals surface area contributed by atoms with E-state index in [9.17, 15) is 9.59 Å². The van der Waals surface area contributed by atoms with Crippen molar-refractivity contribution in [2.45, 2.75) is 96.8 Å². The first kappa shape index (κ1) is 23.3. The molecule has 150 valence electrons. The molecular formula is C25H38O2. The fourth-order valence-electron chi connectivity index (χ4n) is 3.34. The summed E-state index contributed by atoms with van der Waals surface area (Å²) >= 11 is 0. The van der Waals surface area contributed by atoms with Crippen LogP contribution in [0.25, 0.3) is 0 Å². The number of aldehydes is 1. The van der Waals surface area contributed by atoms with Gasteiger partial charge in [-0.1, -0.05) is 94.7 Å². The van der Waals surface area contributed by atoms with Crippen LogP contribution >= 0.6 is 0 Å². The highest BCUT2D eigenvalue weighted by Gasteiger charge is 2.09. The van der Waals surface area contributed by atoms with Crippen molar-refractivity contribution in [1.29, 1.82) is 0 Å². The molecule has 1 aromatic carbocycles. The third kappa shape index (κ3) is 11.6. The number of unbranched alkanes of at least 4 members (excludes halogenated alkanes) is 11. The molecule has 0 amide bonds. The van der Waals surface area contributed by atoms with E-state index in [4.69, 9.17) is 0 Å². The highest BCUT2D eigenvalue weighted by atomic mass is 16.1. The monoisotopic (exact) mass is 370 g/mol.